The van der Waals surface area contributed by atoms with E-state index in [1.54, 1.807) is 19.5 Å². The maximum atomic E-state index is 5.69. The van der Waals surface area contributed by atoms with Crippen molar-refractivity contribution in [2.75, 3.05) is 20.2 Å². The Hall–Kier alpha value is -0.710. The number of halogens is 1. The predicted octanol–water partition coefficient (Wildman–Crippen LogP) is 1.74. The van der Waals surface area contributed by atoms with Crippen molar-refractivity contribution in [2.24, 2.45) is 0 Å². The van der Waals surface area contributed by atoms with Crippen LogP contribution < -0.4 is 0 Å². The standard InChI is InChI=1S/C11H16ClN3O/c1-16-10-3-2-4-15(8-10)7-9-5-14-11(12)6-13-9/h5-6,10H,2-4,7-8H2,1H3. The second kappa shape index (κ2) is 5.57. The van der Waals surface area contributed by atoms with Crippen LogP contribution in [0.5, 0.6) is 0 Å². The number of ether oxygens (including phenoxy) is 1. The Morgan fingerprint density at radius 1 is 1.50 bits per heavy atom. The fourth-order valence-electron chi connectivity index (χ4n) is 2.00. The molecule has 0 aromatic carbocycles. The van der Waals surface area contributed by atoms with E-state index in [0.717, 1.165) is 31.7 Å². The third-order valence-corrected chi connectivity index (χ3v) is 3.05. The Morgan fingerprint density at radius 2 is 2.38 bits per heavy atom. The molecule has 1 aromatic rings. The lowest BCUT2D eigenvalue weighted by Gasteiger charge is -2.31. The second-order valence-electron chi connectivity index (χ2n) is 4.07. The summed E-state index contributed by atoms with van der Waals surface area (Å²) < 4.78 is 5.38. The average molecular weight is 242 g/mol. The second-order valence-corrected chi connectivity index (χ2v) is 4.45. The van der Waals surface area contributed by atoms with Gasteiger partial charge in [0.1, 0.15) is 5.15 Å². The van der Waals surface area contributed by atoms with Crippen LogP contribution in [0.2, 0.25) is 5.15 Å². The van der Waals surface area contributed by atoms with Crippen molar-refractivity contribution in [3.8, 4) is 0 Å². The molecule has 2 heterocycles. The number of aromatic nitrogens is 2. The minimum atomic E-state index is 0.356. The highest BCUT2D eigenvalue weighted by atomic mass is 35.5. The summed E-state index contributed by atoms with van der Waals surface area (Å²) in [6.45, 7) is 2.90. The molecule has 1 aromatic heterocycles. The average Bonchev–Trinajstić information content (AvgIpc) is 2.32. The highest BCUT2D eigenvalue weighted by molar-refractivity contribution is 6.29. The van der Waals surface area contributed by atoms with Crippen LogP contribution in [0.15, 0.2) is 12.4 Å². The number of methoxy groups -OCH3 is 1. The minimum Gasteiger partial charge on any atom is -0.380 e. The Bertz CT molecular complexity index is 331. The third-order valence-electron chi connectivity index (χ3n) is 2.86. The lowest BCUT2D eigenvalue weighted by atomic mass is 10.1. The van der Waals surface area contributed by atoms with Gasteiger partial charge in [-0.2, -0.15) is 0 Å². The maximum Gasteiger partial charge on any atom is 0.147 e. The van der Waals surface area contributed by atoms with Crippen LogP contribution in [0.4, 0.5) is 0 Å². The number of hydrogen-bond donors (Lipinski definition) is 0. The van der Waals surface area contributed by atoms with Crippen molar-refractivity contribution in [3.05, 3.63) is 23.2 Å². The number of piperidine rings is 1. The van der Waals surface area contributed by atoms with Crippen LogP contribution in [-0.4, -0.2) is 41.2 Å². The van der Waals surface area contributed by atoms with E-state index in [2.05, 4.69) is 14.9 Å². The summed E-state index contributed by atoms with van der Waals surface area (Å²) in [5.74, 6) is 0. The number of nitrogens with zero attached hydrogens (tertiary/aromatic N) is 3. The largest absolute Gasteiger partial charge is 0.380 e. The monoisotopic (exact) mass is 241 g/mol. The molecule has 1 aliphatic rings. The van der Waals surface area contributed by atoms with Gasteiger partial charge in [0.2, 0.25) is 0 Å². The van der Waals surface area contributed by atoms with Crippen molar-refractivity contribution in [1.82, 2.24) is 14.9 Å². The lowest BCUT2D eigenvalue weighted by molar-refractivity contribution is 0.0281. The van der Waals surface area contributed by atoms with Crippen molar-refractivity contribution in [1.29, 1.82) is 0 Å². The van der Waals surface area contributed by atoms with Gasteiger partial charge in [-0.3, -0.25) is 9.88 Å². The van der Waals surface area contributed by atoms with E-state index in [-0.39, 0.29) is 0 Å². The van der Waals surface area contributed by atoms with E-state index >= 15 is 0 Å². The van der Waals surface area contributed by atoms with Crippen LogP contribution in [0, 0.1) is 0 Å². The van der Waals surface area contributed by atoms with Gasteiger partial charge in [0.15, 0.2) is 0 Å². The van der Waals surface area contributed by atoms with E-state index in [9.17, 15) is 0 Å². The summed E-state index contributed by atoms with van der Waals surface area (Å²) in [5.41, 5.74) is 0.959. The zero-order chi connectivity index (χ0) is 11.4. The van der Waals surface area contributed by atoms with Gasteiger partial charge in [0, 0.05) is 20.2 Å². The normalized spacial score (nSPS) is 22.2. The summed E-state index contributed by atoms with van der Waals surface area (Å²) >= 11 is 5.69. The van der Waals surface area contributed by atoms with Crippen molar-refractivity contribution in [2.45, 2.75) is 25.5 Å². The molecule has 0 bridgehead atoms. The van der Waals surface area contributed by atoms with Gasteiger partial charge in [-0.05, 0) is 19.4 Å². The Labute approximate surface area is 101 Å². The fourth-order valence-corrected chi connectivity index (χ4v) is 2.10. The lowest BCUT2D eigenvalue weighted by Crippen LogP contribution is -2.38. The van der Waals surface area contributed by atoms with Crippen LogP contribution in [0.1, 0.15) is 18.5 Å². The Morgan fingerprint density at radius 3 is 3.06 bits per heavy atom. The molecule has 0 spiro atoms. The van der Waals surface area contributed by atoms with E-state index in [1.807, 2.05) is 0 Å². The van der Waals surface area contributed by atoms with E-state index < -0.39 is 0 Å². The van der Waals surface area contributed by atoms with Gasteiger partial charge in [-0.25, -0.2) is 4.98 Å². The van der Waals surface area contributed by atoms with Gasteiger partial charge in [-0.15, -0.1) is 0 Å². The smallest absolute Gasteiger partial charge is 0.147 e. The maximum absolute atomic E-state index is 5.69. The van der Waals surface area contributed by atoms with Gasteiger partial charge < -0.3 is 4.74 Å². The van der Waals surface area contributed by atoms with Crippen LogP contribution in [-0.2, 0) is 11.3 Å². The van der Waals surface area contributed by atoms with Crippen molar-refractivity contribution >= 4 is 11.6 Å². The van der Waals surface area contributed by atoms with Gasteiger partial charge >= 0.3 is 0 Å². The molecule has 16 heavy (non-hydrogen) atoms. The SMILES string of the molecule is COC1CCCN(Cc2cnc(Cl)cn2)C1. The molecule has 4 nitrogen and oxygen atoms in total. The zero-order valence-corrected chi connectivity index (χ0v) is 10.2. The predicted molar refractivity (Wildman–Crippen MR) is 62.4 cm³/mol. The Balaban J connectivity index is 1.91. The van der Waals surface area contributed by atoms with Crippen LogP contribution in [0.25, 0.3) is 0 Å². The Kier molecular flexibility index (Phi) is 4.09. The van der Waals surface area contributed by atoms with Crippen LogP contribution >= 0.6 is 11.6 Å². The highest BCUT2D eigenvalue weighted by Crippen LogP contribution is 2.14. The molecule has 1 unspecified atom stereocenters. The molecule has 0 radical (unpaired) electrons. The first-order valence-electron chi connectivity index (χ1n) is 5.49. The molecule has 0 aliphatic carbocycles. The van der Waals surface area contributed by atoms with Gasteiger partial charge in [0.05, 0.1) is 24.2 Å². The number of rotatable bonds is 3. The molecule has 5 heteroatoms. The quantitative estimate of drug-likeness (QED) is 0.808. The van der Waals surface area contributed by atoms with Gasteiger partial charge in [-0.1, -0.05) is 11.6 Å². The third kappa shape index (κ3) is 3.14. The molecule has 0 saturated carbocycles. The molecule has 0 N–H and O–H groups in total. The first-order valence-corrected chi connectivity index (χ1v) is 5.87. The summed E-state index contributed by atoms with van der Waals surface area (Å²) in [6, 6.07) is 0. The molecular weight excluding hydrogens is 226 g/mol. The fraction of sp³-hybridized carbons (Fsp3) is 0.636. The highest BCUT2D eigenvalue weighted by Gasteiger charge is 2.19. The molecule has 88 valence electrons. The summed E-state index contributed by atoms with van der Waals surface area (Å²) in [4.78, 5) is 10.6. The molecule has 1 fully saturated rings. The minimum absolute atomic E-state index is 0.356. The summed E-state index contributed by atoms with van der Waals surface area (Å²) in [7, 11) is 1.77. The molecule has 1 saturated heterocycles. The van der Waals surface area contributed by atoms with Crippen molar-refractivity contribution in [3.63, 3.8) is 0 Å². The first kappa shape index (κ1) is 11.8. The number of likely N-dealkylation sites (tertiary alicyclic amines) is 1. The number of hydrogen-bond acceptors (Lipinski definition) is 4. The molecular formula is C11H16ClN3O. The van der Waals surface area contributed by atoms with Crippen molar-refractivity contribution < 1.29 is 4.74 Å². The summed E-state index contributed by atoms with van der Waals surface area (Å²) in [5, 5.41) is 0.442. The van der Waals surface area contributed by atoms with Gasteiger partial charge in [0.25, 0.3) is 0 Å². The molecule has 1 atom stereocenters. The topological polar surface area (TPSA) is 38.2 Å². The van der Waals surface area contributed by atoms with Crippen LogP contribution in [0.3, 0.4) is 0 Å². The van der Waals surface area contributed by atoms with E-state index in [0.29, 0.717) is 11.3 Å². The summed E-state index contributed by atoms with van der Waals surface area (Å²) in [6.07, 6.45) is 6.01. The first-order chi connectivity index (χ1) is 7.78. The molecule has 1 aliphatic heterocycles. The van der Waals surface area contributed by atoms with E-state index in [4.69, 9.17) is 16.3 Å². The van der Waals surface area contributed by atoms with E-state index in [1.165, 1.54) is 6.42 Å². The zero-order valence-electron chi connectivity index (χ0n) is 9.40. The molecule has 0 amide bonds. The molecule has 2 rings (SSSR count).